The third-order valence-corrected chi connectivity index (χ3v) is 6.30. The average Bonchev–Trinajstić information content (AvgIpc) is 2.80. The summed E-state index contributed by atoms with van der Waals surface area (Å²) in [5.41, 5.74) is 2.95. The van der Waals surface area contributed by atoms with E-state index in [0.717, 1.165) is 55.8 Å². The van der Waals surface area contributed by atoms with Crippen molar-refractivity contribution in [2.24, 2.45) is 0 Å². The number of rotatable bonds is 9. The number of halogens is 1. The van der Waals surface area contributed by atoms with Gasteiger partial charge in [-0.25, -0.2) is 4.39 Å². The van der Waals surface area contributed by atoms with Crippen molar-refractivity contribution in [3.8, 4) is 0 Å². The third-order valence-electron chi connectivity index (χ3n) is 6.30. The Hall–Kier alpha value is -2.40. The topological polar surface area (TPSA) is 26.8 Å². The van der Waals surface area contributed by atoms with Crippen molar-refractivity contribution in [3.63, 3.8) is 0 Å². The fraction of sp³-hybridized carbons (Fsp3) is 0.500. The number of benzene rings is 2. The lowest BCUT2D eigenvalue weighted by Crippen LogP contribution is -2.45. The van der Waals surface area contributed by atoms with Crippen molar-refractivity contribution >= 4 is 11.6 Å². The fourth-order valence-electron chi connectivity index (χ4n) is 4.48. The van der Waals surface area contributed by atoms with Crippen LogP contribution in [0.4, 0.5) is 10.1 Å². The molecule has 0 aromatic heterocycles. The number of hydrogen-bond donors (Lipinski definition) is 0. The largest absolute Gasteiger partial charge is 0.364 e. The van der Waals surface area contributed by atoms with Crippen molar-refractivity contribution in [1.82, 2.24) is 9.80 Å². The van der Waals surface area contributed by atoms with Crippen LogP contribution in [0.1, 0.15) is 56.0 Å². The van der Waals surface area contributed by atoms with Crippen LogP contribution in [0.25, 0.3) is 0 Å². The molecule has 168 valence electrons. The lowest BCUT2D eigenvalue weighted by Gasteiger charge is -2.40. The Labute approximate surface area is 186 Å². The number of piperidine rings is 1. The molecule has 4 nitrogen and oxygen atoms in total. The van der Waals surface area contributed by atoms with Gasteiger partial charge < -0.3 is 14.7 Å². The first-order valence-electron chi connectivity index (χ1n) is 11.7. The van der Waals surface area contributed by atoms with Crippen molar-refractivity contribution in [2.45, 2.75) is 52.6 Å². The molecular weight excluding hydrogens is 389 g/mol. The quantitative estimate of drug-likeness (QED) is 0.553. The molecular formula is C26H36FN3O. The maximum Gasteiger partial charge on any atom is 0.253 e. The van der Waals surface area contributed by atoms with Crippen LogP contribution in [0.15, 0.2) is 48.5 Å². The zero-order valence-electron chi connectivity index (χ0n) is 19.2. The molecule has 1 aliphatic heterocycles. The zero-order chi connectivity index (χ0) is 22.2. The Morgan fingerprint density at radius 3 is 2.13 bits per heavy atom. The molecule has 0 spiro atoms. The molecule has 0 aliphatic carbocycles. The molecule has 0 saturated carbocycles. The van der Waals surface area contributed by atoms with Gasteiger partial charge in [0.15, 0.2) is 0 Å². The first-order chi connectivity index (χ1) is 15.0. The summed E-state index contributed by atoms with van der Waals surface area (Å²) in [6.07, 6.45) is 3.41. The highest BCUT2D eigenvalue weighted by molar-refractivity contribution is 5.94. The standard InChI is InChI=1S/C26H36FN3O/c1-4-17-28-18-15-25(16-19-28)30(20-21-7-11-23(27)12-8-21)24-13-9-22(10-14-24)26(31)29(5-2)6-3/h7-14,25H,4-6,15-20H2,1-3H3. The van der Waals surface area contributed by atoms with E-state index in [9.17, 15) is 9.18 Å². The van der Waals surface area contributed by atoms with E-state index in [1.165, 1.54) is 18.6 Å². The monoisotopic (exact) mass is 425 g/mol. The molecule has 0 atom stereocenters. The van der Waals surface area contributed by atoms with Gasteiger partial charge in [0, 0.05) is 50.0 Å². The van der Waals surface area contributed by atoms with Gasteiger partial charge in [-0.2, -0.15) is 0 Å². The Morgan fingerprint density at radius 2 is 1.58 bits per heavy atom. The van der Waals surface area contributed by atoms with Gasteiger partial charge in [-0.3, -0.25) is 4.79 Å². The highest BCUT2D eigenvalue weighted by Gasteiger charge is 2.25. The van der Waals surface area contributed by atoms with Gasteiger partial charge >= 0.3 is 0 Å². The first kappa shape index (κ1) is 23.3. The highest BCUT2D eigenvalue weighted by Crippen LogP contribution is 2.27. The van der Waals surface area contributed by atoms with Gasteiger partial charge in [0.2, 0.25) is 0 Å². The molecule has 1 aliphatic rings. The minimum Gasteiger partial charge on any atom is -0.364 e. The molecule has 31 heavy (non-hydrogen) atoms. The number of hydrogen-bond acceptors (Lipinski definition) is 3. The van der Waals surface area contributed by atoms with Crippen LogP contribution in [0.2, 0.25) is 0 Å². The molecule has 2 aromatic carbocycles. The van der Waals surface area contributed by atoms with Crippen molar-refractivity contribution in [1.29, 1.82) is 0 Å². The molecule has 0 N–H and O–H groups in total. The SMILES string of the molecule is CCCN1CCC(N(Cc2ccc(F)cc2)c2ccc(C(=O)N(CC)CC)cc2)CC1. The molecule has 1 amide bonds. The Kier molecular flexibility index (Phi) is 8.47. The molecule has 0 unspecified atom stereocenters. The third kappa shape index (κ3) is 6.07. The normalized spacial score (nSPS) is 15.1. The number of likely N-dealkylation sites (tertiary alicyclic amines) is 1. The van der Waals surface area contributed by atoms with E-state index < -0.39 is 0 Å². The number of nitrogens with zero attached hydrogens (tertiary/aromatic N) is 3. The second-order valence-electron chi connectivity index (χ2n) is 8.35. The maximum atomic E-state index is 13.4. The van der Waals surface area contributed by atoms with Crippen LogP contribution in [-0.4, -0.2) is 54.5 Å². The van der Waals surface area contributed by atoms with E-state index in [1.54, 1.807) is 0 Å². The van der Waals surface area contributed by atoms with Crippen LogP contribution in [-0.2, 0) is 6.54 Å². The second kappa shape index (κ2) is 11.3. The van der Waals surface area contributed by atoms with E-state index in [0.29, 0.717) is 19.1 Å². The van der Waals surface area contributed by atoms with Gasteiger partial charge in [-0.1, -0.05) is 19.1 Å². The average molecular weight is 426 g/mol. The lowest BCUT2D eigenvalue weighted by molar-refractivity contribution is 0.0773. The molecule has 2 aromatic rings. The molecule has 1 heterocycles. The summed E-state index contributed by atoms with van der Waals surface area (Å²) in [4.78, 5) is 19.5. The second-order valence-corrected chi connectivity index (χ2v) is 8.35. The molecule has 0 radical (unpaired) electrons. The van der Waals surface area contributed by atoms with Gasteiger partial charge in [-0.15, -0.1) is 0 Å². The Morgan fingerprint density at radius 1 is 0.968 bits per heavy atom. The maximum absolute atomic E-state index is 13.4. The Balaban J connectivity index is 1.80. The molecule has 3 rings (SSSR count). The van der Waals surface area contributed by atoms with Gasteiger partial charge in [0.25, 0.3) is 5.91 Å². The van der Waals surface area contributed by atoms with E-state index in [2.05, 4.69) is 28.9 Å². The van der Waals surface area contributed by atoms with Crippen molar-refractivity contribution in [3.05, 3.63) is 65.5 Å². The summed E-state index contributed by atoms with van der Waals surface area (Å²) in [6, 6.07) is 15.3. The summed E-state index contributed by atoms with van der Waals surface area (Å²) in [5.74, 6) is -0.128. The lowest BCUT2D eigenvalue weighted by atomic mass is 10.0. The zero-order valence-corrected chi connectivity index (χ0v) is 19.2. The molecule has 1 fully saturated rings. The van der Waals surface area contributed by atoms with Crippen LogP contribution >= 0.6 is 0 Å². The smallest absolute Gasteiger partial charge is 0.253 e. The summed E-state index contributed by atoms with van der Waals surface area (Å²) < 4.78 is 13.4. The van der Waals surface area contributed by atoms with Crippen LogP contribution < -0.4 is 4.90 Å². The Bertz CT molecular complexity index is 810. The fourth-order valence-corrected chi connectivity index (χ4v) is 4.48. The van der Waals surface area contributed by atoms with E-state index in [-0.39, 0.29) is 11.7 Å². The molecule has 5 heteroatoms. The summed E-state index contributed by atoms with van der Waals surface area (Å²) in [7, 11) is 0. The summed E-state index contributed by atoms with van der Waals surface area (Å²) in [6.45, 7) is 11.8. The first-order valence-corrected chi connectivity index (χ1v) is 11.7. The van der Waals surface area contributed by atoms with Crippen molar-refractivity contribution < 1.29 is 9.18 Å². The minimum atomic E-state index is -0.206. The number of carbonyl (C=O) groups is 1. The van der Waals surface area contributed by atoms with Gasteiger partial charge in [0.05, 0.1) is 0 Å². The summed E-state index contributed by atoms with van der Waals surface area (Å²) >= 11 is 0. The van der Waals surface area contributed by atoms with E-state index in [1.807, 2.05) is 43.0 Å². The molecule has 1 saturated heterocycles. The minimum absolute atomic E-state index is 0.0782. The van der Waals surface area contributed by atoms with Gasteiger partial charge in [0.1, 0.15) is 5.82 Å². The molecule has 0 bridgehead atoms. The van der Waals surface area contributed by atoms with E-state index in [4.69, 9.17) is 0 Å². The predicted octanol–water partition coefficient (Wildman–Crippen LogP) is 5.19. The number of amides is 1. The number of carbonyl (C=O) groups excluding carboxylic acids is 1. The van der Waals surface area contributed by atoms with Crippen LogP contribution in [0, 0.1) is 5.82 Å². The predicted molar refractivity (Wildman–Crippen MR) is 126 cm³/mol. The van der Waals surface area contributed by atoms with Gasteiger partial charge in [-0.05, 0) is 81.6 Å². The number of anilines is 1. The summed E-state index contributed by atoms with van der Waals surface area (Å²) in [5, 5.41) is 0. The van der Waals surface area contributed by atoms with E-state index >= 15 is 0 Å². The highest BCUT2D eigenvalue weighted by atomic mass is 19.1. The van der Waals surface area contributed by atoms with Crippen molar-refractivity contribution in [2.75, 3.05) is 37.6 Å². The van der Waals surface area contributed by atoms with Crippen LogP contribution in [0.5, 0.6) is 0 Å². The van der Waals surface area contributed by atoms with Crippen LogP contribution in [0.3, 0.4) is 0 Å².